The average molecular weight is 227 g/mol. The summed E-state index contributed by atoms with van der Waals surface area (Å²) in [7, 11) is 0. The quantitative estimate of drug-likeness (QED) is 0.749. The maximum Gasteiger partial charge on any atom is 0.101 e. The molecule has 1 aromatic rings. The Morgan fingerprint density at radius 2 is 1.94 bits per heavy atom. The summed E-state index contributed by atoms with van der Waals surface area (Å²) in [5.74, 6) is 1.69. The van der Waals surface area contributed by atoms with Crippen LogP contribution >= 0.6 is 0 Å². The van der Waals surface area contributed by atoms with Crippen molar-refractivity contribution in [2.45, 2.75) is 19.3 Å². The molecule has 88 valence electrons. The lowest BCUT2D eigenvalue weighted by Gasteiger charge is -2.21. The number of hydrogen-bond donors (Lipinski definition) is 1. The number of nitrogens with zero attached hydrogens (tertiary/aromatic N) is 2. The summed E-state index contributed by atoms with van der Waals surface area (Å²) in [6.45, 7) is 2.23. The first-order chi connectivity index (χ1) is 8.28. The molecule has 1 saturated carbocycles. The van der Waals surface area contributed by atoms with Gasteiger partial charge in [-0.25, -0.2) is 0 Å². The fraction of sp³-hybridized carbons (Fsp3) is 0.500. The van der Waals surface area contributed by atoms with Crippen molar-refractivity contribution in [3.63, 3.8) is 0 Å². The fourth-order valence-corrected chi connectivity index (χ4v) is 3.35. The monoisotopic (exact) mass is 227 g/mol. The normalized spacial score (nSPS) is 26.9. The van der Waals surface area contributed by atoms with Crippen LogP contribution in [0.15, 0.2) is 18.2 Å². The molecule has 0 spiro atoms. The van der Waals surface area contributed by atoms with Gasteiger partial charge in [-0.15, -0.1) is 0 Å². The van der Waals surface area contributed by atoms with E-state index < -0.39 is 0 Å². The molecule has 1 saturated heterocycles. The van der Waals surface area contributed by atoms with Crippen LogP contribution in [0.2, 0.25) is 0 Å². The number of fused-ring (bicyclic) bond motifs is 1. The summed E-state index contributed by atoms with van der Waals surface area (Å²) in [6.07, 6.45) is 4.10. The predicted octanol–water partition coefficient (Wildman–Crippen LogP) is 2.38. The summed E-state index contributed by atoms with van der Waals surface area (Å²) >= 11 is 0. The minimum Gasteiger partial charge on any atom is -0.399 e. The van der Waals surface area contributed by atoms with E-state index >= 15 is 0 Å². The van der Waals surface area contributed by atoms with E-state index in [0.29, 0.717) is 11.3 Å². The Bertz CT molecular complexity index is 463. The molecule has 3 rings (SSSR count). The van der Waals surface area contributed by atoms with Crippen LogP contribution in [0.5, 0.6) is 0 Å². The van der Waals surface area contributed by atoms with Gasteiger partial charge < -0.3 is 10.6 Å². The lowest BCUT2D eigenvalue weighted by molar-refractivity contribution is 0.494. The molecule has 0 bridgehead atoms. The fourth-order valence-electron chi connectivity index (χ4n) is 3.35. The minimum absolute atomic E-state index is 0.671. The van der Waals surface area contributed by atoms with Crippen molar-refractivity contribution in [3.05, 3.63) is 23.8 Å². The molecule has 1 heterocycles. The van der Waals surface area contributed by atoms with Crippen molar-refractivity contribution < 1.29 is 0 Å². The van der Waals surface area contributed by atoms with Crippen LogP contribution in [-0.4, -0.2) is 13.1 Å². The van der Waals surface area contributed by atoms with Gasteiger partial charge in [0, 0.05) is 18.8 Å². The summed E-state index contributed by atoms with van der Waals surface area (Å²) in [5, 5.41) is 9.17. The summed E-state index contributed by atoms with van der Waals surface area (Å²) in [4.78, 5) is 2.37. The highest BCUT2D eigenvalue weighted by Crippen LogP contribution is 2.40. The third-order valence-corrected chi connectivity index (χ3v) is 4.21. The maximum atomic E-state index is 9.17. The van der Waals surface area contributed by atoms with Crippen LogP contribution < -0.4 is 10.6 Å². The van der Waals surface area contributed by atoms with Crippen molar-refractivity contribution in [2.24, 2.45) is 11.8 Å². The summed E-state index contributed by atoms with van der Waals surface area (Å²) in [6, 6.07) is 7.93. The molecule has 1 aliphatic heterocycles. The van der Waals surface area contributed by atoms with Gasteiger partial charge in [-0.1, -0.05) is 6.42 Å². The summed E-state index contributed by atoms with van der Waals surface area (Å²) in [5.41, 5.74) is 8.17. The van der Waals surface area contributed by atoms with Gasteiger partial charge in [-0.05, 0) is 42.9 Å². The largest absolute Gasteiger partial charge is 0.399 e. The van der Waals surface area contributed by atoms with E-state index in [2.05, 4.69) is 11.0 Å². The molecule has 2 N–H and O–H groups in total. The Labute approximate surface area is 102 Å². The van der Waals surface area contributed by atoms with Gasteiger partial charge in [0.25, 0.3) is 0 Å². The molecule has 3 nitrogen and oxygen atoms in total. The van der Waals surface area contributed by atoms with Gasteiger partial charge in [-0.2, -0.15) is 5.26 Å². The zero-order valence-corrected chi connectivity index (χ0v) is 9.89. The smallest absolute Gasteiger partial charge is 0.101 e. The number of rotatable bonds is 1. The molecule has 1 aromatic carbocycles. The van der Waals surface area contributed by atoms with Gasteiger partial charge >= 0.3 is 0 Å². The number of nitrogens with two attached hydrogens (primary N) is 1. The van der Waals surface area contributed by atoms with Gasteiger partial charge in [-0.3, -0.25) is 0 Å². The second-order valence-electron chi connectivity index (χ2n) is 5.24. The van der Waals surface area contributed by atoms with Gasteiger partial charge in [0.1, 0.15) is 6.07 Å². The van der Waals surface area contributed by atoms with Crippen molar-refractivity contribution in [2.75, 3.05) is 23.7 Å². The number of hydrogen-bond acceptors (Lipinski definition) is 3. The van der Waals surface area contributed by atoms with Crippen molar-refractivity contribution >= 4 is 11.4 Å². The van der Waals surface area contributed by atoms with E-state index in [-0.39, 0.29) is 0 Å². The number of nitriles is 1. The molecular formula is C14H17N3. The average Bonchev–Trinajstić information content (AvgIpc) is 2.89. The first kappa shape index (κ1) is 10.5. The van der Waals surface area contributed by atoms with E-state index in [1.54, 1.807) is 6.07 Å². The zero-order valence-electron chi connectivity index (χ0n) is 9.89. The number of anilines is 2. The van der Waals surface area contributed by atoms with Crippen LogP contribution in [-0.2, 0) is 0 Å². The van der Waals surface area contributed by atoms with Crippen LogP contribution in [0.3, 0.4) is 0 Å². The van der Waals surface area contributed by atoms with Crippen LogP contribution in [0.25, 0.3) is 0 Å². The molecule has 1 aliphatic carbocycles. The lowest BCUT2D eigenvalue weighted by atomic mass is 10.0. The third kappa shape index (κ3) is 1.74. The number of benzene rings is 1. The van der Waals surface area contributed by atoms with E-state index in [1.165, 1.54) is 19.3 Å². The zero-order chi connectivity index (χ0) is 11.8. The Morgan fingerprint density at radius 3 is 2.59 bits per heavy atom. The van der Waals surface area contributed by atoms with E-state index in [0.717, 1.165) is 30.6 Å². The van der Waals surface area contributed by atoms with E-state index in [9.17, 15) is 5.26 Å². The van der Waals surface area contributed by atoms with Crippen molar-refractivity contribution in [1.82, 2.24) is 0 Å². The topological polar surface area (TPSA) is 53.1 Å². The molecule has 0 radical (unpaired) electrons. The van der Waals surface area contributed by atoms with Gasteiger partial charge in [0.2, 0.25) is 0 Å². The Hall–Kier alpha value is -1.69. The van der Waals surface area contributed by atoms with Crippen LogP contribution in [0, 0.1) is 23.2 Å². The standard InChI is InChI=1S/C14H17N3/c15-7-12-6-13(16)4-5-14(12)17-8-10-2-1-3-11(10)9-17/h4-6,10-11H,1-3,8-9,16H2. The number of nitrogen functional groups attached to an aromatic ring is 1. The van der Waals surface area contributed by atoms with E-state index in [1.807, 2.05) is 12.1 Å². The second-order valence-corrected chi connectivity index (χ2v) is 5.24. The Balaban J connectivity index is 1.88. The lowest BCUT2D eigenvalue weighted by Crippen LogP contribution is -2.21. The molecule has 2 aliphatic rings. The van der Waals surface area contributed by atoms with Crippen LogP contribution in [0.4, 0.5) is 11.4 Å². The molecule has 2 atom stereocenters. The predicted molar refractivity (Wildman–Crippen MR) is 68.6 cm³/mol. The molecule has 2 unspecified atom stereocenters. The SMILES string of the molecule is N#Cc1cc(N)ccc1N1CC2CCCC2C1. The molecule has 17 heavy (non-hydrogen) atoms. The molecule has 0 aromatic heterocycles. The maximum absolute atomic E-state index is 9.17. The van der Waals surface area contributed by atoms with Gasteiger partial charge in [0.05, 0.1) is 11.3 Å². The highest BCUT2D eigenvalue weighted by atomic mass is 15.2. The first-order valence-electron chi connectivity index (χ1n) is 6.32. The first-order valence-corrected chi connectivity index (χ1v) is 6.32. The van der Waals surface area contributed by atoms with E-state index in [4.69, 9.17) is 5.73 Å². The van der Waals surface area contributed by atoms with Crippen LogP contribution in [0.1, 0.15) is 24.8 Å². The molecule has 3 heteroatoms. The second kappa shape index (κ2) is 3.96. The van der Waals surface area contributed by atoms with Crippen molar-refractivity contribution in [1.29, 1.82) is 5.26 Å². The third-order valence-electron chi connectivity index (χ3n) is 4.21. The molecule has 0 amide bonds. The van der Waals surface area contributed by atoms with Gasteiger partial charge in [0.15, 0.2) is 0 Å². The Kier molecular flexibility index (Phi) is 2.44. The highest BCUT2D eigenvalue weighted by molar-refractivity contribution is 5.64. The van der Waals surface area contributed by atoms with Crippen molar-refractivity contribution in [3.8, 4) is 6.07 Å². The minimum atomic E-state index is 0.671. The highest BCUT2D eigenvalue weighted by Gasteiger charge is 2.36. The molecular weight excluding hydrogens is 210 g/mol. The summed E-state index contributed by atoms with van der Waals surface area (Å²) < 4.78 is 0. The Morgan fingerprint density at radius 1 is 1.24 bits per heavy atom. The molecule has 2 fully saturated rings.